The van der Waals surface area contributed by atoms with Gasteiger partial charge in [-0.15, -0.1) is 11.6 Å². The second kappa shape index (κ2) is 6.07. The Morgan fingerprint density at radius 2 is 2.00 bits per heavy atom. The molecule has 1 aromatic carbocycles. The molecule has 0 aromatic heterocycles. The fraction of sp³-hybridized carbons (Fsp3) is 0.462. The van der Waals surface area contributed by atoms with Crippen molar-refractivity contribution in [2.24, 2.45) is 0 Å². The molecular weight excluding hydrogens is 252 g/mol. The summed E-state index contributed by atoms with van der Waals surface area (Å²) < 4.78 is 0. The maximum Gasteiger partial charge on any atom is 0.254 e. The standard InChI is InChI=1S/C13H17ClN2O2/c14-4-5-15-6-8-16(9-7-15)13(18)11-2-1-3-12(17)10-11/h1-3,10,17H,4-9H2. The van der Waals surface area contributed by atoms with E-state index in [-0.39, 0.29) is 11.7 Å². The normalized spacial score (nSPS) is 16.8. The molecule has 0 atom stereocenters. The molecule has 98 valence electrons. The number of phenols is 1. The van der Waals surface area contributed by atoms with Crippen molar-refractivity contribution >= 4 is 17.5 Å². The van der Waals surface area contributed by atoms with Crippen LogP contribution in [0.1, 0.15) is 10.4 Å². The lowest BCUT2D eigenvalue weighted by molar-refractivity contribution is 0.0644. The number of rotatable bonds is 3. The third kappa shape index (κ3) is 3.15. The first-order chi connectivity index (χ1) is 8.70. The van der Waals surface area contributed by atoms with Gasteiger partial charge in [0, 0.05) is 44.2 Å². The second-order valence-electron chi connectivity index (χ2n) is 4.37. The lowest BCUT2D eigenvalue weighted by Crippen LogP contribution is -2.49. The first-order valence-corrected chi connectivity index (χ1v) is 6.61. The molecule has 2 rings (SSSR count). The average Bonchev–Trinajstić information content (AvgIpc) is 2.39. The number of nitrogens with zero attached hydrogens (tertiary/aromatic N) is 2. The third-order valence-electron chi connectivity index (χ3n) is 3.15. The van der Waals surface area contributed by atoms with Gasteiger partial charge < -0.3 is 10.0 Å². The van der Waals surface area contributed by atoms with Gasteiger partial charge in [-0.05, 0) is 18.2 Å². The molecule has 0 bridgehead atoms. The summed E-state index contributed by atoms with van der Waals surface area (Å²) in [7, 11) is 0. The van der Waals surface area contributed by atoms with E-state index in [2.05, 4.69) is 4.90 Å². The van der Waals surface area contributed by atoms with Crippen LogP contribution in [0.3, 0.4) is 0 Å². The Morgan fingerprint density at radius 3 is 2.61 bits per heavy atom. The number of benzene rings is 1. The van der Waals surface area contributed by atoms with Crippen molar-refractivity contribution < 1.29 is 9.90 Å². The van der Waals surface area contributed by atoms with E-state index in [1.165, 1.54) is 6.07 Å². The average molecular weight is 269 g/mol. The molecule has 5 heteroatoms. The molecule has 1 aliphatic rings. The van der Waals surface area contributed by atoms with Gasteiger partial charge in [-0.1, -0.05) is 6.07 Å². The SMILES string of the molecule is O=C(c1cccc(O)c1)N1CCN(CCCl)CC1. The monoisotopic (exact) mass is 268 g/mol. The summed E-state index contributed by atoms with van der Waals surface area (Å²) in [5.41, 5.74) is 0.542. The predicted octanol–water partition coefficient (Wildman–Crippen LogP) is 1.39. The van der Waals surface area contributed by atoms with Gasteiger partial charge in [-0.25, -0.2) is 0 Å². The number of alkyl halides is 1. The van der Waals surface area contributed by atoms with Gasteiger partial charge in [0.25, 0.3) is 5.91 Å². The van der Waals surface area contributed by atoms with Crippen LogP contribution in [0.15, 0.2) is 24.3 Å². The lowest BCUT2D eigenvalue weighted by Gasteiger charge is -2.34. The zero-order chi connectivity index (χ0) is 13.0. The van der Waals surface area contributed by atoms with E-state index in [1.54, 1.807) is 18.2 Å². The molecule has 1 fully saturated rings. The molecule has 1 saturated heterocycles. The maximum absolute atomic E-state index is 12.2. The van der Waals surface area contributed by atoms with Gasteiger partial charge in [0.1, 0.15) is 5.75 Å². The Kier molecular flexibility index (Phi) is 4.44. The molecule has 1 aromatic rings. The molecule has 4 nitrogen and oxygen atoms in total. The van der Waals surface area contributed by atoms with Crippen LogP contribution in [0.4, 0.5) is 0 Å². The molecule has 0 aliphatic carbocycles. The molecule has 0 unspecified atom stereocenters. The third-order valence-corrected chi connectivity index (χ3v) is 3.32. The number of aromatic hydroxyl groups is 1. The quantitative estimate of drug-likeness (QED) is 0.843. The van der Waals surface area contributed by atoms with Crippen molar-refractivity contribution in [1.29, 1.82) is 0 Å². The number of phenolic OH excluding ortho intramolecular Hbond substituents is 1. The van der Waals surface area contributed by atoms with Crippen LogP contribution < -0.4 is 0 Å². The summed E-state index contributed by atoms with van der Waals surface area (Å²) >= 11 is 5.70. The summed E-state index contributed by atoms with van der Waals surface area (Å²) in [6.45, 7) is 4.01. The summed E-state index contributed by atoms with van der Waals surface area (Å²) in [6, 6.07) is 6.49. The number of carbonyl (C=O) groups is 1. The lowest BCUT2D eigenvalue weighted by atomic mass is 10.1. The molecule has 0 saturated carbocycles. The minimum Gasteiger partial charge on any atom is -0.508 e. The van der Waals surface area contributed by atoms with Gasteiger partial charge in [0.15, 0.2) is 0 Å². The van der Waals surface area contributed by atoms with Gasteiger partial charge in [-0.2, -0.15) is 0 Å². The smallest absolute Gasteiger partial charge is 0.254 e. The molecule has 0 spiro atoms. The molecule has 0 radical (unpaired) electrons. The topological polar surface area (TPSA) is 43.8 Å². The molecular formula is C13H17ClN2O2. The molecule has 1 heterocycles. The van der Waals surface area contributed by atoms with Crippen molar-refractivity contribution in [2.45, 2.75) is 0 Å². The number of halogens is 1. The zero-order valence-corrected chi connectivity index (χ0v) is 10.9. The van der Waals surface area contributed by atoms with Gasteiger partial charge >= 0.3 is 0 Å². The highest BCUT2D eigenvalue weighted by molar-refractivity contribution is 6.18. The molecule has 1 amide bonds. The van der Waals surface area contributed by atoms with E-state index in [1.807, 2.05) is 4.90 Å². The van der Waals surface area contributed by atoms with Crippen LogP contribution in [0, 0.1) is 0 Å². The number of hydrogen-bond acceptors (Lipinski definition) is 3. The summed E-state index contributed by atoms with van der Waals surface area (Å²) in [6.07, 6.45) is 0. The number of piperazine rings is 1. The van der Waals surface area contributed by atoms with E-state index >= 15 is 0 Å². The van der Waals surface area contributed by atoms with Crippen molar-refractivity contribution in [3.63, 3.8) is 0 Å². The number of carbonyl (C=O) groups excluding carboxylic acids is 1. The minimum absolute atomic E-state index is 0.0172. The van der Waals surface area contributed by atoms with E-state index in [0.717, 1.165) is 19.6 Å². The second-order valence-corrected chi connectivity index (χ2v) is 4.75. The predicted molar refractivity (Wildman–Crippen MR) is 71.2 cm³/mol. The number of hydrogen-bond donors (Lipinski definition) is 1. The fourth-order valence-corrected chi connectivity index (χ4v) is 2.35. The Labute approximate surface area is 112 Å². The maximum atomic E-state index is 12.2. The largest absolute Gasteiger partial charge is 0.508 e. The van der Waals surface area contributed by atoms with E-state index < -0.39 is 0 Å². The van der Waals surface area contributed by atoms with Gasteiger partial charge in [0.2, 0.25) is 0 Å². The molecule has 1 aliphatic heterocycles. The molecule has 18 heavy (non-hydrogen) atoms. The first kappa shape index (κ1) is 13.2. The Morgan fingerprint density at radius 1 is 1.28 bits per heavy atom. The van der Waals surface area contributed by atoms with Crippen LogP contribution in [0.25, 0.3) is 0 Å². The summed E-state index contributed by atoms with van der Waals surface area (Å²) in [5, 5.41) is 9.38. The summed E-state index contributed by atoms with van der Waals surface area (Å²) in [5.74, 6) is 0.735. The van der Waals surface area contributed by atoms with Crippen molar-refractivity contribution in [3.05, 3.63) is 29.8 Å². The van der Waals surface area contributed by atoms with Crippen LogP contribution >= 0.6 is 11.6 Å². The Balaban J connectivity index is 1.95. The first-order valence-electron chi connectivity index (χ1n) is 6.07. The highest BCUT2D eigenvalue weighted by Crippen LogP contribution is 2.14. The van der Waals surface area contributed by atoms with Gasteiger partial charge in [0.05, 0.1) is 0 Å². The highest BCUT2D eigenvalue weighted by Gasteiger charge is 2.21. The van der Waals surface area contributed by atoms with Crippen LogP contribution in [0.2, 0.25) is 0 Å². The summed E-state index contributed by atoms with van der Waals surface area (Å²) in [4.78, 5) is 16.3. The van der Waals surface area contributed by atoms with Crippen LogP contribution in [0.5, 0.6) is 5.75 Å². The molecule has 1 N–H and O–H groups in total. The fourth-order valence-electron chi connectivity index (χ4n) is 2.12. The van der Waals surface area contributed by atoms with Crippen LogP contribution in [-0.2, 0) is 0 Å². The highest BCUT2D eigenvalue weighted by atomic mass is 35.5. The van der Waals surface area contributed by atoms with Crippen molar-refractivity contribution in [1.82, 2.24) is 9.80 Å². The zero-order valence-electron chi connectivity index (χ0n) is 10.2. The number of amides is 1. The van der Waals surface area contributed by atoms with E-state index in [0.29, 0.717) is 24.5 Å². The Hall–Kier alpha value is -1.26. The van der Waals surface area contributed by atoms with Crippen molar-refractivity contribution in [2.75, 3.05) is 38.6 Å². The van der Waals surface area contributed by atoms with Crippen molar-refractivity contribution in [3.8, 4) is 5.75 Å². The van der Waals surface area contributed by atoms with Crippen LogP contribution in [-0.4, -0.2) is 59.4 Å². The minimum atomic E-state index is -0.0172. The van der Waals surface area contributed by atoms with Gasteiger partial charge in [-0.3, -0.25) is 9.69 Å². The van der Waals surface area contributed by atoms with E-state index in [9.17, 15) is 9.90 Å². The Bertz CT molecular complexity index is 417. The van der Waals surface area contributed by atoms with E-state index in [4.69, 9.17) is 11.6 Å².